The third kappa shape index (κ3) is 6.21. The van der Waals surface area contributed by atoms with E-state index in [-0.39, 0.29) is 17.9 Å². The van der Waals surface area contributed by atoms with Crippen molar-refractivity contribution in [1.29, 1.82) is 0 Å². The lowest BCUT2D eigenvalue weighted by molar-refractivity contribution is 0.188. The smallest absolute Gasteiger partial charge is 0.253 e. The van der Waals surface area contributed by atoms with Crippen LogP contribution in [0.2, 0.25) is 0 Å². The molecule has 0 saturated carbocycles. The summed E-state index contributed by atoms with van der Waals surface area (Å²) in [6.07, 6.45) is 1.33. The molecule has 0 amide bonds. The fourth-order valence-electron chi connectivity index (χ4n) is 5.50. The van der Waals surface area contributed by atoms with Crippen molar-refractivity contribution in [2.45, 2.75) is 58.7 Å². The summed E-state index contributed by atoms with van der Waals surface area (Å²) in [6, 6.07) is 19.6. The minimum absolute atomic E-state index is 0.218. The molecule has 0 spiro atoms. The monoisotopic (exact) mass is 598 g/mol. The Morgan fingerprint density at radius 1 is 1.02 bits per heavy atom. The Labute approximate surface area is 256 Å². The summed E-state index contributed by atoms with van der Waals surface area (Å²) in [6.45, 7) is 8.83. The molecule has 0 aliphatic heterocycles. The number of hydrogen-bond donors (Lipinski definition) is 1. The maximum atomic E-state index is 15.2. The molecule has 230 valence electrons. The van der Waals surface area contributed by atoms with Crippen LogP contribution in [-0.4, -0.2) is 50.9 Å². The molecule has 0 aliphatic rings. The highest BCUT2D eigenvalue weighted by molar-refractivity contribution is 5.82. The third-order valence-corrected chi connectivity index (χ3v) is 8.42. The van der Waals surface area contributed by atoms with E-state index in [1.807, 2.05) is 55.5 Å². The highest BCUT2D eigenvalue weighted by Gasteiger charge is 2.34. The Balaban J connectivity index is 1.69. The van der Waals surface area contributed by atoms with Crippen LogP contribution in [0.15, 0.2) is 71.5 Å². The molecule has 2 aromatic heterocycles. The van der Waals surface area contributed by atoms with Gasteiger partial charge in [0.05, 0.1) is 25.3 Å². The van der Waals surface area contributed by atoms with Gasteiger partial charge in [-0.2, -0.15) is 0 Å². The number of fused-ring (bicyclic) bond motifs is 1. The van der Waals surface area contributed by atoms with E-state index in [9.17, 15) is 4.79 Å². The number of H-pyrrole nitrogens is 1. The average Bonchev–Trinajstić information content (AvgIpc) is 3.52. The van der Waals surface area contributed by atoms with E-state index >= 15 is 4.39 Å². The zero-order valence-corrected chi connectivity index (χ0v) is 26.1. The second-order valence-corrected chi connectivity index (χ2v) is 11.6. The molecule has 0 radical (unpaired) electrons. The molecule has 44 heavy (non-hydrogen) atoms. The van der Waals surface area contributed by atoms with Gasteiger partial charge in [-0.15, -0.1) is 5.10 Å². The van der Waals surface area contributed by atoms with Crippen molar-refractivity contribution in [3.05, 3.63) is 111 Å². The maximum absolute atomic E-state index is 15.2. The van der Waals surface area contributed by atoms with Crippen LogP contribution in [0.5, 0.6) is 11.5 Å². The molecule has 0 unspecified atom stereocenters. The van der Waals surface area contributed by atoms with Gasteiger partial charge in [0.1, 0.15) is 11.9 Å². The van der Waals surface area contributed by atoms with Crippen molar-refractivity contribution >= 4 is 10.9 Å². The van der Waals surface area contributed by atoms with E-state index in [1.165, 1.54) is 6.07 Å². The van der Waals surface area contributed by atoms with Crippen molar-refractivity contribution < 1.29 is 13.9 Å². The van der Waals surface area contributed by atoms with E-state index in [1.54, 1.807) is 31.0 Å². The summed E-state index contributed by atoms with van der Waals surface area (Å²) < 4.78 is 27.9. The maximum Gasteiger partial charge on any atom is 0.253 e. The summed E-state index contributed by atoms with van der Waals surface area (Å²) in [7, 11) is 3.20. The van der Waals surface area contributed by atoms with Crippen molar-refractivity contribution in [3.8, 4) is 11.5 Å². The Morgan fingerprint density at radius 3 is 2.52 bits per heavy atom. The van der Waals surface area contributed by atoms with Crippen LogP contribution < -0.4 is 15.0 Å². The lowest BCUT2D eigenvalue weighted by atomic mass is 9.98. The van der Waals surface area contributed by atoms with Gasteiger partial charge < -0.3 is 14.5 Å². The number of ether oxygens (including phenoxy) is 2. The molecule has 5 rings (SSSR count). The summed E-state index contributed by atoms with van der Waals surface area (Å²) in [5.74, 6) is 1.45. The summed E-state index contributed by atoms with van der Waals surface area (Å²) in [5.41, 5.74) is 3.04. The van der Waals surface area contributed by atoms with Crippen LogP contribution in [0.3, 0.4) is 0 Å². The van der Waals surface area contributed by atoms with Gasteiger partial charge in [0, 0.05) is 24.2 Å². The van der Waals surface area contributed by atoms with Crippen molar-refractivity contribution in [3.63, 3.8) is 0 Å². The zero-order valence-electron chi connectivity index (χ0n) is 26.1. The molecule has 10 heteroatoms. The first-order chi connectivity index (χ1) is 21.2. The molecule has 0 saturated heterocycles. The van der Waals surface area contributed by atoms with Gasteiger partial charge in [0.25, 0.3) is 5.56 Å². The van der Waals surface area contributed by atoms with E-state index in [0.717, 1.165) is 28.5 Å². The summed E-state index contributed by atoms with van der Waals surface area (Å²) in [4.78, 5) is 19.1. The molecule has 1 N–H and O–H groups in total. The molecule has 2 heterocycles. The molecule has 0 fully saturated rings. The number of halogens is 1. The van der Waals surface area contributed by atoms with Crippen LogP contribution in [0.4, 0.5) is 4.39 Å². The number of hydrogen-bond acceptors (Lipinski definition) is 7. The highest BCUT2D eigenvalue weighted by atomic mass is 19.1. The molecule has 9 nitrogen and oxygen atoms in total. The lowest BCUT2D eigenvalue weighted by Gasteiger charge is -2.34. The topological polar surface area (TPSA) is 98.2 Å². The first-order valence-corrected chi connectivity index (χ1v) is 14.8. The number of pyridine rings is 1. The minimum atomic E-state index is -0.691. The number of benzene rings is 3. The van der Waals surface area contributed by atoms with Crippen LogP contribution in [0.1, 0.15) is 61.3 Å². The SMILES string of the molecule is CCC(C)(C)n1nnnc1[C@H](c1cc2cccc(C)c2[nH]c1=O)N(CCc1ccc(OC)c(OC)c1)Cc1ccccc1F. The van der Waals surface area contributed by atoms with E-state index < -0.39 is 11.6 Å². The summed E-state index contributed by atoms with van der Waals surface area (Å²) >= 11 is 0. The van der Waals surface area contributed by atoms with E-state index in [0.29, 0.717) is 41.4 Å². The normalized spacial score (nSPS) is 12.5. The Kier molecular flexibility index (Phi) is 9.10. The zero-order chi connectivity index (χ0) is 31.4. The van der Waals surface area contributed by atoms with Crippen molar-refractivity contribution in [2.24, 2.45) is 0 Å². The number of aryl methyl sites for hydroxylation is 1. The Hall–Kier alpha value is -4.57. The number of aromatic amines is 1. The number of tetrazole rings is 1. The first-order valence-electron chi connectivity index (χ1n) is 14.8. The second-order valence-electron chi connectivity index (χ2n) is 11.6. The number of nitrogens with zero attached hydrogens (tertiary/aromatic N) is 5. The van der Waals surface area contributed by atoms with E-state index in [4.69, 9.17) is 9.47 Å². The molecule has 0 bridgehead atoms. The molecule has 5 aromatic rings. The van der Waals surface area contributed by atoms with Crippen molar-refractivity contribution in [1.82, 2.24) is 30.1 Å². The third-order valence-electron chi connectivity index (χ3n) is 8.42. The quantitative estimate of drug-likeness (QED) is 0.189. The largest absolute Gasteiger partial charge is 0.493 e. The van der Waals surface area contributed by atoms with Gasteiger partial charge in [0.15, 0.2) is 17.3 Å². The van der Waals surface area contributed by atoms with Gasteiger partial charge >= 0.3 is 0 Å². The molecule has 1 atom stereocenters. The Morgan fingerprint density at radius 2 is 1.80 bits per heavy atom. The number of nitrogens with one attached hydrogen (secondary N) is 1. The van der Waals surface area contributed by atoms with Crippen LogP contribution in [-0.2, 0) is 18.5 Å². The van der Waals surface area contributed by atoms with Gasteiger partial charge in [0.2, 0.25) is 0 Å². The standard InChI is InChI=1S/C34H39FN6O3/c1-7-34(3,4)41-32(37-38-39-41)31(26-20-24-13-10-11-22(2)30(24)36-33(26)42)40(21-25-12-8-9-14-27(25)35)18-17-23-15-16-28(43-5)29(19-23)44-6/h8-16,19-20,31H,7,17-18,21H2,1-6H3,(H,36,42)/t31-/m0/s1. The number of rotatable bonds is 12. The molecule has 0 aliphatic carbocycles. The fraction of sp³-hybridized carbons (Fsp3) is 0.353. The van der Waals surface area contributed by atoms with Gasteiger partial charge in [-0.05, 0) is 84.8 Å². The van der Waals surface area contributed by atoms with Gasteiger partial charge in [-0.1, -0.05) is 49.4 Å². The number of para-hydroxylation sites is 1. The first kappa shape index (κ1) is 30.9. The second kappa shape index (κ2) is 13.0. The molecule has 3 aromatic carbocycles. The fourth-order valence-corrected chi connectivity index (χ4v) is 5.50. The number of aromatic nitrogens is 5. The highest BCUT2D eigenvalue weighted by Crippen LogP contribution is 2.33. The average molecular weight is 599 g/mol. The predicted molar refractivity (Wildman–Crippen MR) is 169 cm³/mol. The lowest BCUT2D eigenvalue weighted by Crippen LogP contribution is -2.39. The molecular weight excluding hydrogens is 559 g/mol. The van der Waals surface area contributed by atoms with Crippen molar-refractivity contribution in [2.75, 3.05) is 20.8 Å². The van der Waals surface area contributed by atoms with E-state index in [2.05, 4.69) is 46.2 Å². The predicted octanol–water partition coefficient (Wildman–Crippen LogP) is 5.96. The summed E-state index contributed by atoms with van der Waals surface area (Å²) in [5, 5.41) is 13.9. The Bertz CT molecular complexity index is 1810. The minimum Gasteiger partial charge on any atom is -0.493 e. The van der Waals surface area contributed by atoms with Crippen LogP contribution in [0.25, 0.3) is 10.9 Å². The van der Waals surface area contributed by atoms with Gasteiger partial charge in [-0.25, -0.2) is 9.07 Å². The molecular formula is C34H39FN6O3. The van der Waals surface area contributed by atoms with Crippen LogP contribution in [0, 0.1) is 12.7 Å². The van der Waals surface area contributed by atoms with Crippen LogP contribution >= 0.6 is 0 Å². The van der Waals surface area contributed by atoms with Gasteiger partial charge in [-0.3, -0.25) is 9.69 Å². The number of methoxy groups -OCH3 is 2.